The monoisotopic (exact) mass is 232 g/mol. The van der Waals surface area contributed by atoms with Crippen LogP contribution >= 0.6 is 0 Å². The van der Waals surface area contributed by atoms with E-state index in [-0.39, 0.29) is 19.4 Å². The zero-order valence-corrected chi connectivity index (χ0v) is 9.25. The third kappa shape index (κ3) is 5.09. The first kappa shape index (κ1) is 12.9. The third-order valence-corrected chi connectivity index (χ3v) is 2.40. The van der Waals surface area contributed by atoms with Crippen LogP contribution in [-0.4, -0.2) is 31.3 Å². The molecule has 1 atom stereocenters. The van der Waals surface area contributed by atoms with Crippen LogP contribution < -0.4 is 0 Å². The number of esters is 2. The van der Waals surface area contributed by atoms with E-state index in [0.29, 0.717) is 6.61 Å². The van der Waals surface area contributed by atoms with Crippen LogP contribution in [0.15, 0.2) is 0 Å². The maximum absolute atomic E-state index is 13.2. The standard InChI is InChI=1S/C11H17FO4/c12-9-5-6-10(13)15-7-3-1-2-4-8-16-11(9)14/h9H,1-8H2. The summed E-state index contributed by atoms with van der Waals surface area (Å²) >= 11 is 0. The summed E-state index contributed by atoms with van der Waals surface area (Å²) < 4.78 is 22.8. The van der Waals surface area contributed by atoms with E-state index in [4.69, 9.17) is 9.47 Å². The summed E-state index contributed by atoms with van der Waals surface area (Å²) in [6.07, 6.45) is 1.40. The van der Waals surface area contributed by atoms with E-state index < -0.39 is 18.1 Å². The van der Waals surface area contributed by atoms with Gasteiger partial charge in [0.2, 0.25) is 0 Å². The molecule has 1 aliphatic heterocycles. The van der Waals surface area contributed by atoms with Gasteiger partial charge in [0.15, 0.2) is 6.17 Å². The summed E-state index contributed by atoms with van der Waals surface area (Å²) in [7, 11) is 0. The molecule has 5 heteroatoms. The largest absolute Gasteiger partial charge is 0.466 e. The SMILES string of the molecule is O=C1CCC(F)C(=O)OCCCCCCO1. The minimum absolute atomic E-state index is 0.0731. The van der Waals surface area contributed by atoms with Crippen molar-refractivity contribution < 1.29 is 23.5 Å². The Balaban J connectivity index is 2.39. The lowest BCUT2D eigenvalue weighted by molar-refractivity contribution is -0.150. The number of carbonyl (C=O) groups excluding carboxylic acids is 2. The van der Waals surface area contributed by atoms with Crippen molar-refractivity contribution in [1.82, 2.24) is 0 Å². The third-order valence-electron chi connectivity index (χ3n) is 2.40. The van der Waals surface area contributed by atoms with Gasteiger partial charge in [0, 0.05) is 6.42 Å². The van der Waals surface area contributed by atoms with Gasteiger partial charge in [-0.2, -0.15) is 0 Å². The highest BCUT2D eigenvalue weighted by atomic mass is 19.1. The van der Waals surface area contributed by atoms with Gasteiger partial charge in [0.05, 0.1) is 13.2 Å². The van der Waals surface area contributed by atoms with Crippen LogP contribution in [-0.2, 0) is 19.1 Å². The lowest BCUT2D eigenvalue weighted by atomic mass is 10.2. The Morgan fingerprint density at radius 2 is 1.62 bits per heavy atom. The normalized spacial score (nSPS) is 25.7. The average molecular weight is 232 g/mol. The summed E-state index contributed by atoms with van der Waals surface area (Å²) in [6.45, 7) is 0.638. The fourth-order valence-electron chi connectivity index (χ4n) is 1.44. The molecule has 4 nitrogen and oxygen atoms in total. The van der Waals surface area contributed by atoms with Crippen molar-refractivity contribution in [3.63, 3.8) is 0 Å². The van der Waals surface area contributed by atoms with Crippen LogP contribution in [0.4, 0.5) is 4.39 Å². The number of rotatable bonds is 0. The van der Waals surface area contributed by atoms with Crippen molar-refractivity contribution in [3.05, 3.63) is 0 Å². The first-order valence-corrected chi connectivity index (χ1v) is 5.66. The molecule has 16 heavy (non-hydrogen) atoms. The van der Waals surface area contributed by atoms with Crippen LogP contribution in [0, 0.1) is 0 Å². The molecule has 1 heterocycles. The average Bonchev–Trinajstić information content (AvgIpc) is 2.29. The summed E-state index contributed by atoms with van der Waals surface area (Å²) in [4.78, 5) is 22.2. The highest BCUT2D eigenvalue weighted by molar-refractivity contribution is 5.76. The molecule has 0 bridgehead atoms. The van der Waals surface area contributed by atoms with Crippen LogP contribution in [0.5, 0.6) is 0 Å². The first-order chi connectivity index (χ1) is 7.70. The lowest BCUT2D eigenvalue weighted by Crippen LogP contribution is -2.20. The van der Waals surface area contributed by atoms with E-state index in [9.17, 15) is 14.0 Å². The number of hydrogen-bond donors (Lipinski definition) is 0. The number of cyclic esters (lactones) is 2. The van der Waals surface area contributed by atoms with Gasteiger partial charge in [-0.05, 0) is 32.1 Å². The summed E-state index contributed by atoms with van der Waals surface area (Å²) in [5.41, 5.74) is 0. The first-order valence-electron chi connectivity index (χ1n) is 5.66. The van der Waals surface area contributed by atoms with Crippen molar-refractivity contribution in [2.75, 3.05) is 13.2 Å². The Bertz CT molecular complexity index is 242. The van der Waals surface area contributed by atoms with Gasteiger partial charge < -0.3 is 9.47 Å². The highest BCUT2D eigenvalue weighted by Crippen LogP contribution is 2.09. The number of alkyl halides is 1. The van der Waals surface area contributed by atoms with Crippen molar-refractivity contribution in [2.45, 2.75) is 44.7 Å². The molecule has 0 N–H and O–H groups in total. The Morgan fingerprint density at radius 1 is 1.00 bits per heavy atom. The van der Waals surface area contributed by atoms with Crippen LogP contribution in [0.25, 0.3) is 0 Å². The second-order valence-electron chi connectivity index (χ2n) is 3.81. The lowest BCUT2D eigenvalue weighted by Gasteiger charge is -2.07. The van der Waals surface area contributed by atoms with E-state index >= 15 is 0 Å². The number of ether oxygens (including phenoxy) is 2. The number of halogens is 1. The molecule has 0 aliphatic carbocycles. The van der Waals surface area contributed by atoms with Crippen LogP contribution in [0.3, 0.4) is 0 Å². The molecule has 1 saturated heterocycles. The Labute approximate surface area is 94.1 Å². The van der Waals surface area contributed by atoms with Crippen LogP contribution in [0.2, 0.25) is 0 Å². The van der Waals surface area contributed by atoms with Gasteiger partial charge >= 0.3 is 11.9 Å². The fourth-order valence-corrected chi connectivity index (χ4v) is 1.44. The van der Waals surface area contributed by atoms with Gasteiger partial charge in [-0.15, -0.1) is 0 Å². The molecule has 1 unspecified atom stereocenters. The Hall–Kier alpha value is -1.13. The topological polar surface area (TPSA) is 52.6 Å². The molecule has 0 radical (unpaired) electrons. The van der Waals surface area contributed by atoms with Gasteiger partial charge in [0.25, 0.3) is 0 Å². The zero-order valence-electron chi connectivity index (χ0n) is 9.25. The molecule has 1 aliphatic rings. The van der Waals surface area contributed by atoms with Crippen molar-refractivity contribution in [3.8, 4) is 0 Å². The summed E-state index contributed by atoms with van der Waals surface area (Å²) in [5.74, 6) is -1.32. The highest BCUT2D eigenvalue weighted by Gasteiger charge is 2.20. The van der Waals surface area contributed by atoms with Gasteiger partial charge in [-0.25, -0.2) is 9.18 Å². The maximum atomic E-state index is 13.2. The number of carbonyl (C=O) groups is 2. The van der Waals surface area contributed by atoms with Crippen LogP contribution in [0.1, 0.15) is 38.5 Å². The van der Waals surface area contributed by atoms with Crippen molar-refractivity contribution in [2.24, 2.45) is 0 Å². The minimum Gasteiger partial charge on any atom is -0.466 e. The number of hydrogen-bond acceptors (Lipinski definition) is 4. The van der Waals surface area contributed by atoms with Gasteiger partial charge in [0.1, 0.15) is 0 Å². The molecule has 1 rings (SSSR count). The Kier molecular flexibility index (Phi) is 5.82. The molecule has 0 aromatic rings. The summed E-state index contributed by atoms with van der Waals surface area (Å²) in [5, 5.41) is 0. The van der Waals surface area contributed by atoms with E-state index in [0.717, 1.165) is 25.7 Å². The van der Waals surface area contributed by atoms with E-state index in [2.05, 4.69) is 0 Å². The Morgan fingerprint density at radius 3 is 2.31 bits per heavy atom. The zero-order chi connectivity index (χ0) is 11.8. The molecular formula is C11H17FO4. The van der Waals surface area contributed by atoms with E-state index in [1.807, 2.05) is 0 Å². The van der Waals surface area contributed by atoms with Crippen molar-refractivity contribution in [1.29, 1.82) is 0 Å². The smallest absolute Gasteiger partial charge is 0.340 e. The molecule has 0 aromatic carbocycles. The summed E-state index contributed by atoms with van der Waals surface area (Å²) in [6, 6.07) is 0. The predicted octanol–water partition coefficient (Wildman–Crippen LogP) is 1.77. The predicted molar refractivity (Wildman–Crippen MR) is 54.5 cm³/mol. The molecule has 1 fully saturated rings. The molecule has 0 saturated carbocycles. The molecule has 0 spiro atoms. The quantitative estimate of drug-likeness (QED) is 0.597. The fraction of sp³-hybridized carbons (Fsp3) is 0.818. The van der Waals surface area contributed by atoms with Gasteiger partial charge in [-0.1, -0.05) is 0 Å². The van der Waals surface area contributed by atoms with Crippen molar-refractivity contribution >= 4 is 11.9 Å². The molecule has 92 valence electrons. The maximum Gasteiger partial charge on any atom is 0.340 e. The molecule has 0 aromatic heterocycles. The second-order valence-corrected chi connectivity index (χ2v) is 3.81. The van der Waals surface area contributed by atoms with E-state index in [1.165, 1.54) is 0 Å². The molecular weight excluding hydrogens is 215 g/mol. The minimum atomic E-state index is -1.71. The second kappa shape index (κ2) is 7.19. The van der Waals surface area contributed by atoms with Gasteiger partial charge in [-0.3, -0.25) is 4.79 Å². The molecule has 0 amide bonds. The van der Waals surface area contributed by atoms with E-state index in [1.54, 1.807) is 0 Å².